The first-order valence-corrected chi connectivity index (χ1v) is 6.77. The second kappa shape index (κ2) is 7.20. The van der Waals surface area contributed by atoms with Crippen LogP contribution in [0, 0.1) is 11.6 Å². The Morgan fingerprint density at radius 3 is 2.64 bits per heavy atom. The third-order valence-electron chi connectivity index (χ3n) is 2.87. The quantitative estimate of drug-likeness (QED) is 0.805. The Kier molecular flexibility index (Phi) is 5.30. The van der Waals surface area contributed by atoms with Gasteiger partial charge in [0, 0.05) is 23.3 Å². The van der Waals surface area contributed by atoms with Crippen molar-refractivity contribution in [2.24, 2.45) is 0 Å². The molecular weight excluding hydrogens is 314 g/mol. The molecule has 7 heteroatoms. The average molecular weight is 327 g/mol. The summed E-state index contributed by atoms with van der Waals surface area (Å²) in [6.07, 6.45) is -0.936. The van der Waals surface area contributed by atoms with Crippen molar-refractivity contribution in [1.82, 2.24) is 5.32 Å². The van der Waals surface area contributed by atoms with Gasteiger partial charge in [0.2, 0.25) is 0 Å². The lowest BCUT2D eigenvalue weighted by Gasteiger charge is -2.13. The molecule has 0 heterocycles. The molecule has 0 spiro atoms. The molecule has 116 valence electrons. The van der Waals surface area contributed by atoms with Gasteiger partial charge in [-0.2, -0.15) is 0 Å². The first-order chi connectivity index (χ1) is 10.5. The summed E-state index contributed by atoms with van der Waals surface area (Å²) in [6.45, 7) is -0.0597. The SMILES string of the molecule is O=C(NCC(O)c1cccc(Cl)c1)Nc1ccc(F)c(F)c1. The molecule has 0 aliphatic rings. The highest BCUT2D eigenvalue weighted by Gasteiger charge is 2.10. The van der Waals surface area contributed by atoms with E-state index in [9.17, 15) is 18.7 Å². The maximum absolute atomic E-state index is 13.0. The van der Waals surface area contributed by atoms with Crippen molar-refractivity contribution in [3.8, 4) is 0 Å². The number of anilines is 1. The predicted molar refractivity (Wildman–Crippen MR) is 79.8 cm³/mol. The molecule has 0 aliphatic heterocycles. The smallest absolute Gasteiger partial charge is 0.319 e. The van der Waals surface area contributed by atoms with Crippen LogP contribution in [0.5, 0.6) is 0 Å². The Balaban J connectivity index is 1.88. The molecule has 2 aromatic rings. The molecule has 4 nitrogen and oxygen atoms in total. The molecule has 2 rings (SSSR count). The molecule has 0 aliphatic carbocycles. The number of rotatable bonds is 4. The molecular formula is C15H13ClF2N2O2. The maximum Gasteiger partial charge on any atom is 0.319 e. The van der Waals surface area contributed by atoms with Crippen molar-refractivity contribution < 1.29 is 18.7 Å². The lowest BCUT2D eigenvalue weighted by atomic mass is 10.1. The number of benzene rings is 2. The topological polar surface area (TPSA) is 61.4 Å². The van der Waals surface area contributed by atoms with Gasteiger partial charge >= 0.3 is 6.03 Å². The molecule has 0 aromatic heterocycles. The van der Waals surface area contributed by atoms with Gasteiger partial charge in [-0.1, -0.05) is 23.7 Å². The van der Waals surface area contributed by atoms with E-state index >= 15 is 0 Å². The van der Waals surface area contributed by atoms with Gasteiger partial charge < -0.3 is 15.7 Å². The van der Waals surface area contributed by atoms with Gasteiger partial charge in [-0.3, -0.25) is 0 Å². The molecule has 0 radical (unpaired) electrons. The highest BCUT2D eigenvalue weighted by Crippen LogP contribution is 2.17. The van der Waals surface area contributed by atoms with Crippen LogP contribution in [-0.2, 0) is 0 Å². The van der Waals surface area contributed by atoms with E-state index in [1.165, 1.54) is 6.07 Å². The van der Waals surface area contributed by atoms with Crippen LogP contribution in [-0.4, -0.2) is 17.7 Å². The normalized spacial score (nSPS) is 11.8. The Morgan fingerprint density at radius 2 is 1.95 bits per heavy atom. The fourth-order valence-electron chi connectivity index (χ4n) is 1.77. The van der Waals surface area contributed by atoms with E-state index in [1.54, 1.807) is 24.3 Å². The number of carbonyl (C=O) groups excluding carboxylic acids is 1. The molecule has 2 aromatic carbocycles. The summed E-state index contributed by atoms with van der Waals surface area (Å²) in [5, 5.41) is 15.2. The summed E-state index contributed by atoms with van der Waals surface area (Å²) in [4.78, 5) is 11.6. The minimum Gasteiger partial charge on any atom is -0.387 e. The van der Waals surface area contributed by atoms with E-state index in [0.717, 1.165) is 12.1 Å². The number of aliphatic hydroxyl groups excluding tert-OH is 1. The van der Waals surface area contributed by atoms with Crippen LogP contribution in [0.4, 0.5) is 19.3 Å². The lowest BCUT2D eigenvalue weighted by molar-refractivity contribution is 0.175. The van der Waals surface area contributed by atoms with Crippen LogP contribution in [0.15, 0.2) is 42.5 Å². The van der Waals surface area contributed by atoms with Gasteiger partial charge in [0.15, 0.2) is 11.6 Å². The minimum atomic E-state index is -1.06. The van der Waals surface area contributed by atoms with Crippen molar-refractivity contribution in [3.05, 3.63) is 64.7 Å². The number of nitrogens with one attached hydrogen (secondary N) is 2. The fourth-order valence-corrected chi connectivity index (χ4v) is 1.97. The maximum atomic E-state index is 13.0. The van der Waals surface area contributed by atoms with E-state index in [0.29, 0.717) is 10.6 Å². The molecule has 22 heavy (non-hydrogen) atoms. The Hall–Kier alpha value is -2.18. The highest BCUT2D eigenvalue weighted by molar-refractivity contribution is 6.30. The minimum absolute atomic E-state index is 0.0597. The largest absolute Gasteiger partial charge is 0.387 e. The summed E-state index contributed by atoms with van der Waals surface area (Å²) < 4.78 is 25.8. The third-order valence-corrected chi connectivity index (χ3v) is 3.10. The molecule has 1 unspecified atom stereocenters. The molecule has 0 saturated carbocycles. The second-order valence-electron chi connectivity index (χ2n) is 4.53. The van der Waals surface area contributed by atoms with Crippen LogP contribution >= 0.6 is 11.6 Å². The molecule has 0 fully saturated rings. The van der Waals surface area contributed by atoms with Gasteiger partial charge in [0.1, 0.15) is 0 Å². The van der Waals surface area contributed by atoms with Crippen molar-refractivity contribution in [3.63, 3.8) is 0 Å². The number of halogens is 3. The van der Waals surface area contributed by atoms with E-state index in [4.69, 9.17) is 11.6 Å². The van der Waals surface area contributed by atoms with Crippen molar-refractivity contribution in [2.75, 3.05) is 11.9 Å². The summed E-state index contributed by atoms with van der Waals surface area (Å²) in [5.74, 6) is -2.06. The fraction of sp³-hybridized carbons (Fsp3) is 0.133. The average Bonchev–Trinajstić information content (AvgIpc) is 2.48. The third kappa shape index (κ3) is 4.41. The van der Waals surface area contributed by atoms with Gasteiger partial charge in [0.05, 0.1) is 6.10 Å². The molecule has 3 N–H and O–H groups in total. The molecule has 1 atom stereocenters. The standard InChI is InChI=1S/C15H13ClF2N2O2/c16-10-3-1-2-9(6-10)14(21)8-19-15(22)20-11-4-5-12(17)13(18)7-11/h1-7,14,21H,8H2,(H2,19,20,22). The first kappa shape index (κ1) is 16.2. The molecule has 0 bridgehead atoms. The molecule has 2 amide bonds. The predicted octanol–water partition coefficient (Wildman–Crippen LogP) is 3.47. The Morgan fingerprint density at radius 1 is 1.18 bits per heavy atom. The Bertz CT molecular complexity index is 682. The van der Waals surface area contributed by atoms with E-state index in [2.05, 4.69) is 10.6 Å². The number of carbonyl (C=O) groups is 1. The first-order valence-electron chi connectivity index (χ1n) is 6.39. The highest BCUT2D eigenvalue weighted by atomic mass is 35.5. The van der Waals surface area contributed by atoms with Crippen LogP contribution in [0.3, 0.4) is 0 Å². The van der Waals surface area contributed by atoms with Crippen LogP contribution in [0.25, 0.3) is 0 Å². The number of hydrogen-bond acceptors (Lipinski definition) is 2. The van der Waals surface area contributed by atoms with Crippen LogP contribution in [0.2, 0.25) is 5.02 Å². The number of hydrogen-bond donors (Lipinski definition) is 3. The summed E-state index contributed by atoms with van der Waals surface area (Å²) in [5.41, 5.74) is 0.661. The van der Waals surface area contributed by atoms with Crippen molar-refractivity contribution >= 4 is 23.3 Å². The number of urea groups is 1. The van der Waals surface area contributed by atoms with E-state index in [1.807, 2.05) is 0 Å². The zero-order valence-electron chi connectivity index (χ0n) is 11.3. The summed E-state index contributed by atoms with van der Waals surface area (Å²) in [7, 11) is 0. The summed E-state index contributed by atoms with van der Waals surface area (Å²) >= 11 is 5.81. The van der Waals surface area contributed by atoms with Gasteiger partial charge in [0.25, 0.3) is 0 Å². The monoisotopic (exact) mass is 326 g/mol. The van der Waals surface area contributed by atoms with E-state index in [-0.39, 0.29) is 12.2 Å². The van der Waals surface area contributed by atoms with Crippen LogP contribution < -0.4 is 10.6 Å². The van der Waals surface area contributed by atoms with Gasteiger partial charge in [-0.15, -0.1) is 0 Å². The number of amides is 2. The van der Waals surface area contributed by atoms with Gasteiger partial charge in [-0.25, -0.2) is 13.6 Å². The second-order valence-corrected chi connectivity index (χ2v) is 4.97. The van der Waals surface area contributed by atoms with Gasteiger partial charge in [-0.05, 0) is 29.8 Å². The zero-order valence-corrected chi connectivity index (χ0v) is 12.1. The van der Waals surface area contributed by atoms with Crippen LogP contribution in [0.1, 0.15) is 11.7 Å². The molecule has 0 saturated heterocycles. The lowest BCUT2D eigenvalue weighted by Crippen LogP contribution is -2.32. The summed E-state index contributed by atoms with van der Waals surface area (Å²) in [6, 6.07) is 8.96. The zero-order chi connectivity index (χ0) is 16.1. The Labute approximate surface area is 130 Å². The van der Waals surface area contributed by atoms with Crippen molar-refractivity contribution in [1.29, 1.82) is 0 Å². The van der Waals surface area contributed by atoms with Crippen molar-refractivity contribution in [2.45, 2.75) is 6.10 Å². The number of aliphatic hydroxyl groups is 1. The van der Waals surface area contributed by atoms with E-state index < -0.39 is 23.8 Å².